The third-order valence-corrected chi connectivity index (χ3v) is 6.05. The zero-order valence-corrected chi connectivity index (χ0v) is 15.8. The number of carbonyl (C=O) groups excluding carboxylic acids is 1. The number of ether oxygens (including phenoxy) is 1. The van der Waals surface area contributed by atoms with Crippen LogP contribution in [0.2, 0.25) is 0 Å². The quantitative estimate of drug-likeness (QED) is 0.835. The Morgan fingerprint density at radius 3 is 2.74 bits per heavy atom. The van der Waals surface area contributed by atoms with Crippen LogP contribution in [0.15, 0.2) is 48.5 Å². The molecule has 27 heavy (non-hydrogen) atoms. The molecule has 2 heterocycles. The Balaban J connectivity index is 1.59. The summed E-state index contributed by atoms with van der Waals surface area (Å²) in [4.78, 5) is 16.6. The molecule has 2 saturated heterocycles. The van der Waals surface area contributed by atoms with Gasteiger partial charge in [0.15, 0.2) is 0 Å². The van der Waals surface area contributed by atoms with Crippen LogP contribution < -0.4 is 0 Å². The van der Waals surface area contributed by atoms with Crippen molar-refractivity contribution in [1.29, 1.82) is 0 Å². The highest BCUT2D eigenvalue weighted by Gasteiger charge is 2.52. The van der Waals surface area contributed by atoms with Crippen LogP contribution in [0, 0.1) is 12.7 Å². The summed E-state index contributed by atoms with van der Waals surface area (Å²) in [7, 11) is 1.89. The number of nitrogens with zero attached hydrogens (tertiary/aromatic N) is 2. The lowest BCUT2D eigenvalue weighted by Crippen LogP contribution is -2.66. The fraction of sp³-hybridized carbons (Fsp3) is 0.409. The fourth-order valence-electron chi connectivity index (χ4n) is 4.49. The molecule has 2 aromatic carbocycles. The lowest BCUT2D eigenvalue weighted by Gasteiger charge is -2.55. The fourth-order valence-corrected chi connectivity index (χ4v) is 4.49. The molecule has 0 aromatic heterocycles. The smallest absolute Gasteiger partial charge is 0.249 e. The van der Waals surface area contributed by atoms with E-state index in [0.717, 1.165) is 37.2 Å². The highest BCUT2D eigenvalue weighted by molar-refractivity contribution is 5.79. The number of morpholine rings is 1. The Labute approximate surface area is 159 Å². The normalized spacial score (nSPS) is 26.1. The van der Waals surface area contributed by atoms with Crippen molar-refractivity contribution >= 4 is 5.91 Å². The number of carbonyl (C=O) groups is 1. The second kappa shape index (κ2) is 7.06. The number of likely N-dealkylation sites (tertiary alicyclic amines) is 1. The van der Waals surface area contributed by atoms with Gasteiger partial charge in [-0.2, -0.15) is 0 Å². The number of rotatable bonds is 3. The molecular formula is C22H25FN2O2. The Morgan fingerprint density at radius 1 is 1.22 bits per heavy atom. The van der Waals surface area contributed by atoms with Crippen LogP contribution in [0.3, 0.4) is 0 Å². The van der Waals surface area contributed by atoms with Crippen LogP contribution in [0.25, 0.3) is 0 Å². The summed E-state index contributed by atoms with van der Waals surface area (Å²) in [5, 5.41) is 0. The molecule has 0 saturated carbocycles. The molecule has 2 fully saturated rings. The molecule has 0 N–H and O–H groups in total. The van der Waals surface area contributed by atoms with Gasteiger partial charge in [-0.05, 0) is 36.1 Å². The van der Waals surface area contributed by atoms with Crippen molar-refractivity contribution in [3.63, 3.8) is 0 Å². The van der Waals surface area contributed by atoms with Crippen molar-refractivity contribution in [3.8, 4) is 0 Å². The van der Waals surface area contributed by atoms with Crippen LogP contribution in [-0.2, 0) is 21.6 Å². The van der Waals surface area contributed by atoms with Crippen molar-refractivity contribution < 1.29 is 13.9 Å². The highest BCUT2D eigenvalue weighted by Crippen LogP contribution is 2.42. The number of amides is 1. The number of hydrogen-bond acceptors (Lipinski definition) is 3. The van der Waals surface area contributed by atoms with Crippen LogP contribution in [0.5, 0.6) is 0 Å². The number of halogens is 1. The minimum Gasteiger partial charge on any atom is -0.364 e. The molecule has 0 bridgehead atoms. The molecule has 142 valence electrons. The van der Waals surface area contributed by atoms with Gasteiger partial charge in [-0.15, -0.1) is 0 Å². The van der Waals surface area contributed by atoms with E-state index in [-0.39, 0.29) is 24.4 Å². The minimum absolute atomic E-state index is 0.0257. The molecule has 1 amide bonds. The van der Waals surface area contributed by atoms with E-state index in [4.69, 9.17) is 4.74 Å². The summed E-state index contributed by atoms with van der Waals surface area (Å²) in [6.45, 7) is 4.26. The lowest BCUT2D eigenvalue weighted by atomic mass is 9.76. The number of hydrogen-bond donors (Lipinski definition) is 0. The standard InChI is InChI=1S/C22H25FN2O2/c1-16-12-17(8-9-19(16)23)13-25-11-10-22(18-6-4-3-5-7-18)20(14-25)27-15-21(26)24(22)2/h3-9,12,20H,10-11,13-15H2,1-2H3/t20-,22+/m1/s1. The van der Waals surface area contributed by atoms with E-state index < -0.39 is 5.54 Å². The molecule has 2 aromatic rings. The van der Waals surface area contributed by atoms with Gasteiger partial charge >= 0.3 is 0 Å². The van der Waals surface area contributed by atoms with Gasteiger partial charge in [-0.25, -0.2) is 4.39 Å². The molecule has 0 aliphatic carbocycles. The maximum atomic E-state index is 13.5. The van der Waals surface area contributed by atoms with E-state index in [9.17, 15) is 9.18 Å². The first-order valence-corrected chi connectivity index (χ1v) is 9.42. The average Bonchev–Trinajstić information content (AvgIpc) is 2.69. The van der Waals surface area contributed by atoms with Gasteiger partial charge in [0.1, 0.15) is 12.4 Å². The van der Waals surface area contributed by atoms with Gasteiger partial charge in [-0.3, -0.25) is 9.69 Å². The molecule has 2 aliphatic heterocycles. The highest BCUT2D eigenvalue weighted by atomic mass is 19.1. The minimum atomic E-state index is -0.425. The van der Waals surface area contributed by atoms with Crippen LogP contribution in [0.1, 0.15) is 23.1 Å². The molecule has 0 spiro atoms. The molecule has 0 radical (unpaired) electrons. The first-order valence-electron chi connectivity index (χ1n) is 9.42. The first-order chi connectivity index (χ1) is 13.0. The van der Waals surface area contributed by atoms with Gasteiger partial charge in [-0.1, -0.05) is 42.5 Å². The van der Waals surface area contributed by atoms with Crippen molar-refractivity contribution in [2.45, 2.75) is 31.5 Å². The number of benzene rings is 2. The van der Waals surface area contributed by atoms with Gasteiger partial charge in [0.25, 0.3) is 0 Å². The summed E-state index contributed by atoms with van der Waals surface area (Å²) in [5.41, 5.74) is 2.47. The van der Waals surface area contributed by atoms with Crippen molar-refractivity contribution in [1.82, 2.24) is 9.80 Å². The second-order valence-electron chi connectivity index (χ2n) is 7.61. The van der Waals surface area contributed by atoms with E-state index in [1.54, 1.807) is 6.92 Å². The summed E-state index contributed by atoms with van der Waals surface area (Å²) >= 11 is 0. The molecule has 4 rings (SSSR count). The van der Waals surface area contributed by atoms with Crippen molar-refractivity contribution in [2.24, 2.45) is 0 Å². The van der Waals surface area contributed by atoms with Gasteiger partial charge in [0.05, 0.1) is 11.6 Å². The SMILES string of the molecule is Cc1cc(CN2CC[C@]3(c4ccccc4)[C@@H](C2)OCC(=O)N3C)ccc1F. The Morgan fingerprint density at radius 2 is 2.00 bits per heavy atom. The van der Waals surface area contributed by atoms with E-state index in [2.05, 4.69) is 17.0 Å². The average molecular weight is 368 g/mol. The van der Waals surface area contributed by atoms with Gasteiger partial charge < -0.3 is 9.64 Å². The molecule has 2 aliphatic rings. The molecule has 5 heteroatoms. The monoisotopic (exact) mass is 368 g/mol. The summed E-state index contributed by atoms with van der Waals surface area (Å²) in [5.74, 6) is -0.144. The zero-order valence-electron chi connectivity index (χ0n) is 15.8. The van der Waals surface area contributed by atoms with E-state index in [0.29, 0.717) is 5.56 Å². The predicted octanol–water partition coefficient (Wildman–Crippen LogP) is 3.09. The predicted molar refractivity (Wildman–Crippen MR) is 102 cm³/mol. The lowest BCUT2D eigenvalue weighted by molar-refractivity contribution is -0.183. The number of aryl methyl sites for hydroxylation is 1. The third kappa shape index (κ3) is 3.15. The molecule has 0 unspecified atom stereocenters. The maximum Gasteiger partial charge on any atom is 0.249 e. The Hall–Kier alpha value is -2.24. The number of fused-ring (bicyclic) bond motifs is 1. The zero-order chi connectivity index (χ0) is 19.0. The Bertz CT molecular complexity index is 841. The maximum absolute atomic E-state index is 13.5. The van der Waals surface area contributed by atoms with E-state index in [1.807, 2.05) is 42.3 Å². The summed E-state index contributed by atoms with van der Waals surface area (Å²) in [6.07, 6.45) is 0.724. The van der Waals surface area contributed by atoms with Crippen molar-refractivity contribution in [3.05, 3.63) is 71.0 Å². The molecule has 4 nitrogen and oxygen atoms in total. The van der Waals surface area contributed by atoms with Gasteiger partial charge in [0, 0.05) is 26.7 Å². The van der Waals surface area contributed by atoms with Gasteiger partial charge in [0.2, 0.25) is 5.91 Å². The van der Waals surface area contributed by atoms with Crippen LogP contribution in [0.4, 0.5) is 4.39 Å². The summed E-state index contributed by atoms with van der Waals surface area (Å²) in [6, 6.07) is 15.5. The Kier molecular flexibility index (Phi) is 4.74. The van der Waals surface area contributed by atoms with E-state index in [1.165, 1.54) is 6.07 Å². The van der Waals surface area contributed by atoms with E-state index >= 15 is 0 Å². The topological polar surface area (TPSA) is 32.8 Å². The number of piperidine rings is 1. The first kappa shape index (κ1) is 18.1. The largest absolute Gasteiger partial charge is 0.364 e. The molecular weight excluding hydrogens is 343 g/mol. The van der Waals surface area contributed by atoms with Crippen LogP contribution in [-0.4, -0.2) is 48.6 Å². The summed E-state index contributed by atoms with van der Waals surface area (Å²) < 4.78 is 19.6. The third-order valence-electron chi connectivity index (χ3n) is 6.05. The second-order valence-corrected chi connectivity index (χ2v) is 7.61. The van der Waals surface area contributed by atoms with Crippen molar-refractivity contribution in [2.75, 3.05) is 26.7 Å². The number of likely N-dealkylation sites (N-methyl/N-ethyl adjacent to an activating group) is 1. The van der Waals surface area contributed by atoms with Crippen LogP contribution >= 0.6 is 0 Å². The molecule has 2 atom stereocenters.